The minimum absolute atomic E-state index is 0.465. The van der Waals surface area contributed by atoms with Gasteiger partial charge < -0.3 is 14.2 Å². The third-order valence-electron chi connectivity index (χ3n) is 2.35. The Hall–Kier alpha value is -1.62. The maximum atomic E-state index is 11.0. The highest BCUT2D eigenvalue weighted by Gasteiger charge is 2.46. The number of ether oxygens (including phenoxy) is 3. The summed E-state index contributed by atoms with van der Waals surface area (Å²) in [5.41, 5.74) is 0. The Kier molecular flexibility index (Phi) is 4.45. The first-order valence-electron chi connectivity index (χ1n) is 5.24. The molecule has 1 fully saturated rings. The predicted octanol–water partition coefficient (Wildman–Crippen LogP) is 0.989. The standard InChI is InChI=1S/C12H16O5/c1-5-9-11(15-7(3)13)12(16-8(4)14)10(6-2)17-9/h5-6,9-12H,1-2H2,3-4H3/t9-,10+,11-,12+. The van der Waals surface area contributed by atoms with Gasteiger partial charge in [0.05, 0.1) is 0 Å². The van der Waals surface area contributed by atoms with Gasteiger partial charge in [-0.15, -0.1) is 13.2 Å². The van der Waals surface area contributed by atoms with Crippen molar-refractivity contribution in [3.63, 3.8) is 0 Å². The van der Waals surface area contributed by atoms with Crippen molar-refractivity contribution in [1.82, 2.24) is 0 Å². The number of hydrogen-bond acceptors (Lipinski definition) is 5. The molecule has 0 amide bonds. The van der Waals surface area contributed by atoms with E-state index in [1.807, 2.05) is 0 Å². The Morgan fingerprint density at radius 1 is 1.00 bits per heavy atom. The van der Waals surface area contributed by atoms with Gasteiger partial charge in [0.25, 0.3) is 0 Å². The summed E-state index contributed by atoms with van der Waals surface area (Å²) in [5.74, 6) is -0.931. The van der Waals surface area contributed by atoms with Crippen LogP contribution in [0.25, 0.3) is 0 Å². The Bertz CT molecular complexity index is 304. The molecule has 0 aromatic rings. The summed E-state index contributed by atoms with van der Waals surface area (Å²) in [6, 6.07) is 0. The highest BCUT2D eigenvalue weighted by Crippen LogP contribution is 2.28. The Balaban J connectivity index is 2.89. The Morgan fingerprint density at radius 2 is 1.35 bits per heavy atom. The van der Waals surface area contributed by atoms with Crippen molar-refractivity contribution in [1.29, 1.82) is 0 Å². The molecular weight excluding hydrogens is 224 g/mol. The summed E-state index contributed by atoms with van der Waals surface area (Å²) < 4.78 is 15.7. The Labute approximate surface area is 100 Å². The molecule has 1 aliphatic rings. The molecule has 94 valence electrons. The minimum Gasteiger partial charge on any atom is -0.455 e. The van der Waals surface area contributed by atoms with Gasteiger partial charge in [0, 0.05) is 13.8 Å². The summed E-state index contributed by atoms with van der Waals surface area (Å²) in [7, 11) is 0. The monoisotopic (exact) mass is 240 g/mol. The average Bonchev–Trinajstić information content (AvgIpc) is 2.55. The van der Waals surface area contributed by atoms with Gasteiger partial charge >= 0.3 is 11.9 Å². The van der Waals surface area contributed by atoms with Gasteiger partial charge in [0.1, 0.15) is 12.2 Å². The summed E-state index contributed by atoms with van der Waals surface area (Å²) in [5, 5.41) is 0. The molecule has 0 aromatic heterocycles. The molecule has 1 rings (SSSR count). The van der Waals surface area contributed by atoms with Crippen molar-refractivity contribution in [3.05, 3.63) is 25.3 Å². The van der Waals surface area contributed by atoms with E-state index in [-0.39, 0.29) is 0 Å². The van der Waals surface area contributed by atoms with Crippen LogP contribution in [0.4, 0.5) is 0 Å². The van der Waals surface area contributed by atoms with E-state index < -0.39 is 36.4 Å². The topological polar surface area (TPSA) is 61.8 Å². The van der Waals surface area contributed by atoms with E-state index in [0.29, 0.717) is 0 Å². The lowest BCUT2D eigenvalue weighted by molar-refractivity contribution is -0.162. The zero-order valence-electron chi connectivity index (χ0n) is 9.92. The van der Waals surface area contributed by atoms with Gasteiger partial charge in [-0.05, 0) is 0 Å². The first-order valence-corrected chi connectivity index (χ1v) is 5.24. The fraction of sp³-hybridized carbons (Fsp3) is 0.500. The van der Waals surface area contributed by atoms with Crippen LogP contribution >= 0.6 is 0 Å². The quantitative estimate of drug-likeness (QED) is 0.541. The van der Waals surface area contributed by atoms with Crippen molar-refractivity contribution in [2.45, 2.75) is 38.3 Å². The maximum absolute atomic E-state index is 11.0. The van der Waals surface area contributed by atoms with E-state index in [0.717, 1.165) is 0 Å². The first kappa shape index (κ1) is 13.4. The van der Waals surface area contributed by atoms with Crippen LogP contribution in [0.3, 0.4) is 0 Å². The third kappa shape index (κ3) is 3.17. The van der Waals surface area contributed by atoms with Crippen LogP contribution in [0.15, 0.2) is 25.3 Å². The number of hydrogen-bond donors (Lipinski definition) is 0. The molecular formula is C12H16O5. The van der Waals surface area contributed by atoms with Crippen LogP contribution < -0.4 is 0 Å². The molecule has 1 saturated heterocycles. The lowest BCUT2D eigenvalue weighted by Gasteiger charge is -2.21. The van der Waals surface area contributed by atoms with Crippen molar-refractivity contribution in [2.75, 3.05) is 0 Å². The van der Waals surface area contributed by atoms with E-state index >= 15 is 0 Å². The fourth-order valence-corrected chi connectivity index (χ4v) is 1.74. The normalized spacial score (nSPS) is 31.6. The van der Waals surface area contributed by atoms with Crippen molar-refractivity contribution in [2.24, 2.45) is 0 Å². The molecule has 17 heavy (non-hydrogen) atoms. The second kappa shape index (κ2) is 5.63. The van der Waals surface area contributed by atoms with E-state index in [2.05, 4.69) is 13.2 Å². The van der Waals surface area contributed by atoms with Gasteiger partial charge in [-0.2, -0.15) is 0 Å². The van der Waals surface area contributed by atoms with Gasteiger partial charge in [-0.25, -0.2) is 0 Å². The molecule has 0 N–H and O–H groups in total. The third-order valence-corrected chi connectivity index (χ3v) is 2.35. The minimum atomic E-state index is -0.683. The molecule has 0 unspecified atom stereocenters. The van der Waals surface area contributed by atoms with Gasteiger partial charge in [0.15, 0.2) is 12.2 Å². The van der Waals surface area contributed by atoms with E-state index in [9.17, 15) is 9.59 Å². The fourth-order valence-electron chi connectivity index (χ4n) is 1.74. The molecule has 0 bridgehead atoms. The second-order valence-corrected chi connectivity index (χ2v) is 3.68. The summed E-state index contributed by atoms with van der Waals surface area (Å²) in [6.45, 7) is 9.75. The smallest absolute Gasteiger partial charge is 0.303 e. The molecule has 4 atom stereocenters. The first-order chi connectivity index (χ1) is 7.99. The summed E-state index contributed by atoms with van der Waals surface area (Å²) >= 11 is 0. The number of carbonyl (C=O) groups is 2. The molecule has 1 heterocycles. The van der Waals surface area contributed by atoms with E-state index in [1.54, 1.807) is 0 Å². The molecule has 0 aromatic carbocycles. The summed E-state index contributed by atoms with van der Waals surface area (Å²) in [4.78, 5) is 22.0. The summed E-state index contributed by atoms with van der Waals surface area (Å²) in [6.07, 6.45) is 0.632. The highest BCUT2D eigenvalue weighted by molar-refractivity contribution is 5.67. The number of carbonyl (C=O) groups excluding carboxylic acids is 2. The van der Waals surface area contributed by atoms with Crippen LogP contribution in [-0.2, 0) is 23.8 Å². The molecule has 0 spiro atoms. The molecule has 0 aliphatic carbocycles. The molecule has 1 aliphatic heterocycles. The second-order valence-electron chi connectivity index (χ2n) is 3.68. The van der Waals surface area contributed by atoms with Crippen molar-refractivity contribution < 1.29 is 23.8 Å². The zero-order chi connectivity index (χ0) is 13.0. The van der Waals surface area contributed by atoms with E-state index in [4.69, 9.17) is 14.2 Å². The SMILES string of the molecule is C=C[C@@H]1O[C@H](C=C)[C@@H](OC(C)=O)[C@H]1OC(C)=O. The van der Waals surface area contributed by atoms with Crippen LogP contribution in [0.1, 0.15) is 13.8 Å². The Morgan fingerprint density at radius 3 is 1.59 bits per heavy atom. The molecule has 0 radical (unpaired) electrons. The predicted molar refractivity (Wildman–Crippen MR) is 60.2 cm³/mol. The highest BCUT2D eigenvalue weighted by atomic mass is 16.6. The van der Waals surface area contributed by atoms with Gasteiger partial charge in [0.2, 0.25) is 0 Å². The zero-order valence-corrected chi connectivity index (χ0v) is 9.92. The molecule has 5 nitrogen and oxygen atoms in total. The van der Waals surface area contributed by atoms with Crippen LogP contribution in [0.5, 0.6) is 0 Å². The lowest BCUT2D eigenvalue weighted by Crippen LogP contribution is -2.38. The van der Waals surface area contributed by atoms with Crippen LogP contribution in [0.2, 0.25) is 0 Å². The molecule has 0 saturated carbocycles. The number of esters is 2. The maximum Gasteiger partial charge on any atom is 0.303 e. The van der Waals surface area contributed by atoms with Crippen molar-refractivity contribution in [3.8, 4) is 0 Å². The van der Waals surface area contributed by atoms with E-state index in [1.165, 1.54) is 26.0 Å². The lowest BCUT2D eigenvalue weighted by atomic mass is 10.1. The van der Waals surface area contributed by atoms with Gasteiger partial charge in [-0.3, -0.25) is 9.59 Å². The molecule has 5 heteroatoms. The van der Waals surface area contributed by atoms with Crippen LogP contribution in [-0.4, -0.2) is 36.4 Å². The largest absolute Gasteiger partial charge is 0.455 e. The van der Waals surface area contributed by atoms with Gasteiger partial charge in [-0.1, -0.05) is 12.2 Å². The van der Waals surface area contributed by atoms with Crippen LogP contribution in [0, 0.1) is 0 Å². The average molecular weight is 240 g/mol. The number of rotatable bonds is 4. The van der Waals surface area contributed by atoms with Crippen molar-refractivity contribution >= 4 is 11.9 Å².